The zero-order chi connectivity index (χ0) is 10.1. The van der Waals surface area contributed by atoms with Crippen LogP contribution in [0.15, 0.2) is 0 Å². The summed E-state index contributed by atoms with van der Waals surface area (Å²) in [5.74, 6) is -0.0852. The number of carbonyl (C=O) groups is 1. The smallest absolute Gasteiger partial charge is 0.234 e. The first-order valence-electron chi connectivity index (χ1n) is 4.30. The highest BCUT2D eigenvalue weighted by Gasteiger charge is 2.05. The van der Waals surface area contributed by atoms with Gasteiger partial charge in [0.15, 0.2) is 0 Å². The molecule has 0 aliphatic heterocycles. The third kappa shape index (κ3) is 7.70. The molecule has 3 N–H and O–H groups in total. The molecule has 0 rings (SSSR count). The van der Waals surface area contributed by atoms with Crippen LogP contribution in [0.1, 0.15) is 6.92 Å². The van der Waals surface area contributed by atoms with E-state index in [-0.39, 0.29) is 25.1 Å². The van der Waals surface area contributed by atoms with Gasteiger partial charge in [-0.15, -0.1) is 0 Å². The summed E-state index contributed by atoms with van der Waals surface area (Å²) in [6.07, 6.45) is 0. The van der Waals surface area contributed by atoms with Crippen LogP contribution in [-0.4, -0.2) is 50.5 Å². The lowest BCUT2D eigenvalue weighted by molar-refractivity contribution is -0.121. The van der Waals surface area contributed by atoms with Crippen LogP contribution in [0.2, 0.25) is 0 Å². The van der Waals surface area contributed by atoms with Crippen LogP contribution in [-0.2, 0) is 9.53 Å². The molecule has 13 heavy (non-hydrogen) atoms. The molecule has 0 spiro atoms. The molecule has 0 aliphatic carbocycles. The van der Waals surface area contributed by atoms with E-state index in [9.17, 15) is 4.79 Å². The number of hydrogen-bond acceptors (Lipinski definition) is 4. The van der Waals surface area contributed by atoms with Gasteiger partial charge in [-0.3, -0.25) is 4.79 Å². The Labute approximate surface area is 78.5 Å². The van der Waals surface area contributed by atoms with E-state index in [0.717, 1.165) is 0 Å². The molecule has 0 aromatic heterocycles. The molecule has 5 heteroatoms. The van der Waals surface area contributed by atoms with E-state index in [1.165, 1.54) is 0 Å². The van der Waals surface area contributed by atoms with Gasteiger partial charge in [0.25, 0.3) is 0 Å². The average Bonchev–Trinajstić information content (AvgIpc) is 2.05. The predicted molar refractivity (Wildman–Crippen MR) is 49.4 cm³/mol. The zero-order valence-electron chi connectivity index (χ0n) is 8.17. The van der Waals surface area contributed by atoms with Crippen LogP contribution >= 0.6 is 0 Å². The summed E-state index contributed by atoms with van der Waals surface area (Å²) in [6, 6.07) is 0.0217. The molecule has 0 fully saturated rings. The van der Waals surface area contributed by atoms with Crippen LogP contribution in [0.3, 0.4) is 0 Å². The van der Waals surface area contributed by atoms with Crippen LogP contribution in [0.4, 0.5) is 0 Å². The van der Waals surface area contributed by atoms with Gasteiger partial charge in [-0.25, -0.2) is 0 Å². The van der Waals surface area contributed by atoms with E-state index in [2.05, 4.69) is 10.6 Å². The van der Waals surface area contributed by atoms with Crippen LogP contribution in [0, 0.1) is 0 Å². The molecule has 0 aromatic carbocycles. The number of hydrogen-bond donors (Lipinski definition) is 3. The fourth-order valence-corrected chi connectivity index (χ4v) is 0.898. The van der Waals surface area contributed by atoms with Gasteiger partial charge in [0.1, 0.15) is 0 Å². The fraction of sp³-hybridized carbons (Fsp3) is 0.875. The van der Waals surface area contributed by atoms with Gasteiger partial charge >= 0.3 is 0 Å². The maximum absolute atomic E-state index is 11.1. The van der Waals surface area contributed by atoms with Crippen molar-refractivity contribution in [1.29, 1.82) is 0 Å². The third-order valence-corrected chi connectivity index (χ3v) is 1.40. The summed E-state index contributed by atoms with van der Waals surface area (Å²) in [7, 11) is 1.59. The highest BCUT2D eigenvalue weighted by atomic mass is 16.5. The number of rotatable bonds is 7. The molecule has 5 nitrogen and oxygen atoms in total. The Morgan fingerprint density at radius 3 is 2.85 bits per heavy atom. The largest absolute Gasteiger partial charge is 0.395 e. The number of methoxy groups -OCH3 is 1. The summed E-state index contributed by atoms with van der Waals surface area (Å²) in [5, 5.41) is 13.9. The van der Waals surface area contributed by atoms with E-state index >= 15 is 0 Å². The number of carbonyl (C=O) groups excluding carboxylic acids is 1. The minimum absolute atomic E-state index is 0.0217. The fourth-order valence-electron chi connectivity index (χ4n) is 0.898. The molecule has 1 unspecified atom stereocenters. The molecule has 0 radical (unpaired) electrons. The second-order valence-corrected chi connectivity index (χ2v) is 2.82. The van der Waals surface area contributed by atoms with E-state index in [1.807, 2.05) is 6.92 Å². The van der Waals surface area contributed by atoms with Gasteiger partial charge in [-0.1, -0.05) is 0 Å². The third-order valence-electron chi connectivity index (χ3n) is 1.40. The summed E-state index contributed by atoms with van der Waals surface area (Å²) in [6.45, 7) is 3.08. The molecule has 0 saturated carbocycles. The van der Waals surface area contributed by atoms with Crippen molar-refractivity contribution < 1.29 is 14.6 Å². The topological polar surface area (TPSA) is 70.6 Å². The Kier molecular flexibility index (Phi) is 7.57. The zero-order valence-corrected chi connectivity index (χ0v) is 8.17. The van der Waals surface area contributed by atoms with Crippen molar-refractivity contribution in [3.63, 3.8) is 0 Å². The van der Waals surface area contributed by atoms with Crippen molar-refractivity contribution in [2.45, 2.75) is 13.0 Å². The lowest BCUT2D eigenvalue weighted by Crippen LogP contribution is -2.41. The Bertz CT molecular complexity index is 141. The number of aliphatic hydroxyl groups is 1. The summed E-state index contributed by atoms with van der Waals surface area (Å²) < 4.78 is 4.86. The molecule has 1 atom stereocenters. The summed E-state index contributed by atoms with van der Waals surface area (Å²) in [4.78, 5) is 11.1. The molecule has 78 valence electrons. The second kappa shape index (κ2) is 7.97. The SMILES string of the molecule is COCC(C)NC(=O)CNCCO. The van der Waals surface area contributed by atoms with Crippen molar-refractivity contribution in [2.24, 2.45) is 0 Å². The Morgan fingerprint density at radius 2 is 2.31 bits per heavy atom. The summed E-state index contributed by atoms with van der Waals surface area (Å²) >= 11 is 0. The lowest BCUT2D eigenvalue weighted by Gasteiger charge is -2.12. The molecule has 0 heterocycles. The van der Waals surface area contributed by atoms with Gasteiger partial charge in [0.2, 0.25) is 5.91 Å². The highest BCUT2D eigenvalue weighted by molar-refractivity contribution is 5.78. The van der Waals surface area contributed by atoms with Gasteiger partial charge in [0.05, 0.1) is 19.8 Å². The second-order valence-electron chi connectivity index (χ2n) is 2.82. The maximum atomic E-state index is 11.1. The van der Waals surface area contributed by atoms with Crippen molar-refractivity contribution in [1.82, 2.24) is 10.6 Å². The van der Waals surface area contributed by atoms with Gasteiger partial charge in [-0.2, -0.15) is 0 Å². The molecular formula is C8H18N2O3. The van der Waals surface area contributed by atoms with E-state index in [1.54, 1.807) is 7.11 Å². The van der Waals surface area contributed by atoms with E-state index in [4.69, 9.17) is 9.84 Å². The normalized spacial score (nSPS) is 12.5. The van der Waals surface area contributed by atoms with E-state index in [0.29, 0.717) is 13.2 Å². The maximum Gasteiger partial charge on any atom is 0.234 e. The Balaban J connectivity index is 3.38. The molecule has 0 saturated heterocycles. The first-order valence-corrected chi connectivity index (χ1v) is 4.30. The summed E-state index contributed by atoms with van der Waals surface area (Å²) in [5.41, 5.74) is 0. The minimum atomic E-state index is -0.0852. The van der Waals surface area contributed by atoms with Crippen LogP contribution < -0.4 is 10.6 Å². The first-order chi connectivity index (χ1) is 6.20. The standard InChI is InChI=1S/C8H18N2O3/c1-7(6-13-2)10-8(12)5-9-3-4-11/h7,9,11H,3-6H2,1-2H3,(H,10,12). The predicted octanol–water partition coefficient (Wildman–Crippen LogP) is -1.28. The van der Waals surface area contributed by atoms with Gasteiger partial charge in [-0.05, 0) is 6.92 Å². The monoisotopic (exact) mass is 190 g/mol. The number of ether oxygens (including phenoxy) is 1. The van der Waals surface area contributed by atoms with Crippen LogP contribution in [0.5, 0.6) is 0 Å². The molecule has 0 bridgehead atoms. The van der Waals surface area contributed by atoms with Gasteiger partial charge in [0, 0.05) is 19.7 Å². The molecule has 0 aliphatic rings. The molecular weight excluding hydrogens is 172 g/mol. The molecule has 0 aromatic rings. The minimum Gasteiger partial charge on any atom is -0.395 e. The van der Waals surface area contributed by atoms with Crippen molar-refractivity contribution >= 4 is 5.91 Å². The van der Waals surface area contributed by atoms with E-state index < -0.39 is 0 Å². The number of aliphatic hydroxyl groups excluding tert-OH is 1. The number of amides is 1. The van der Waals surface area contributed by atoms with Crippen molar-refractivity contribution in [3.05, 3.63) is 0 Å². The Hall–Kier alpha value is -0.650. The lowest BCUT2D eigenvalue weighted by atomic mass is 10.3. The van der Waals surface area contributed by atoms with Gasteiger partial charge < -0.3 is 20.5 Å². The van der Waals surface area contributed by atoms with Crippen molar-refractivity contribution in [2.75, 3.05) is 33.4 Å². The Morgan fingerprint density at radius 1 is 1.62 bits per heavy atom. The number of nitrogens with one attached hydrogen (secondary N) is 2. The van der Waals surface area contributed by atoms with Crippen molar-refractivity contribution in [3.8, 4) is 0 Å². The van der Waals surface area contributed by atoms with Crippen LogP contribution in [0.25, 0.3) is 0 Å². The first kappa shape index (κ1) is 12.3. The average molecular weight is 190 g/mol. The highest BCUT2D eigenvalue weighted by Crippen LogP contribution is 1.81. The quantitative estimate of drug-likeness (QED) is 0.437. The molecule has 1 amide bonds.